The summed E-state index contributed by atoms with van der Waals surface area (Å²) < 4.78 is 32.1. The third kappa shape index (κ3) is 4.05. The molecule has 198 valence electrons. The van der Waals surface area contributed by atoms with Crippen molar-refractivity contribution in [2.75, 3.05) is 29.4 Å². The van der Waals surface area contributed by atoms with E-state index in [4.69, 9.17) is 0 Å². The second-order valence-corrected chi connectivity index (χ2v) is 10.5. The standard InChI is InChI=1S/C29H31F2N5O2/c1-17-9-24-26(34(3)29(17)38)11-20(35-8-6-21(37)16-35)12-27(24)36-7-4-5-18-10-22(19-14-32-33(2)15-19)23(28(30)31)13-25(18)36/h9-15,21,28,37H,4-8,16H2,1-3H3/t21-/m1/s1. The number of aliphatic hydroxyl groups is 1. The first-order valence-electron chi connectivity index (χ1n) is 13.0. The first kappa shape index (κ1) is 24.6. The molecule has 1 fully saturated rings. The van der Waals surface area contributed by atoms with Gasteiger partial charge in [0.1, 0.15) is 0 Å². The number of fused-ring (bicyclic) bond motifs is 2. The van der Waals surface area contributed by atoms with E-state index in [-0.39, 0.29) is 11.1 Å². The average Bonchev–Trinajstić information content (AvgIpc) is 3.54. The third-order valence-corrected chi connectivity index (χ3v) is 7.93. The Bertz CT molecular complexity index is 1610. The quantitative estimate of drug-likeness (QED) is 0.418. The SMILES string of the molecule is Cc1cc2c(N3CCCc4cc(-c5cnn(C)c5)c(C(F)F)cc43)cc(N3CC[C@@H](O)C3)cc2n(C)c1=O. The summed E-state index contributed by atoms with van der Waals surface area (Å²) in [6.07, 6.45) is 2.69. The van der Waals surface area contributed by atoms with Gasteiger partial charge in [-0.05, 0) is 67.6 Å². The van der Waals surface area contributed by atoms with Crippen molar-refractivity contribution in [2.45, 2.75) is 38.7 Å². The number of aryl methyl sites for hydroxylation is 4. The molecule has 0 spiro atoms. The molecule has 0 radical (unpaired) electrons. The van der Waals surface area contributed by atoms with Crippen LogP contribution in [0.1, 0.15) is 36.0 Å². The maximum absolute atomic E-state index is 14.4. The molecule has 7 nitrogen and oxygen atoms in total. The molecule has 6 rings (SSSR count). The van der Waals surface area contributed by atoms with E-state index < -0.39 is 12.5 Å². The fraction of sp³-hybridized carbons (Fsp3) is 0.379. The second-order valence-electron chi connectivity index (χ2n) is 10.5. The van der Waals surface area contributed by atoms with Crippen molar-refractivity contribution in [3.63, 3.8) is 0 Å². The van der Waals surface area contributed by atoms with Crippen LogP contribution in [0.3, 0.4) is 0 Å². The van der Waals surface area contributed by atoms with Crippen molar-refractivity contribution in [1.82, 2.24) is 14.3 Å². The van der Waals surface area contributed by atoms with Gasteiger partial charge in [0.25, 0.3) is 12.0 Å². The fourth-order valence-corrected chi connectivity index (χ4v) is 5.96. The Morgan fingerprint density at radius 2 is 1.89 bits per heavy atom. The molecule has 2 aliphatic rings. The highest BCUT2D eigenvalue weighted by Crippen LogP contribution is 2.44. The number of pyridine rings is 1. The summed E-state index contributed by atoms with van der Waals surface area (Å²) in [5.41, 5.74) is 6.08. The third-order valence-electron chi connectivity index (χ3n) is 7.93. The van der Waals surface area contributed by atoms with Crippen LogP contribution in [0.5, 0.6) is 0 Å². The van der Waals surface area contributed by atoms with Crippen LogP contribution in [-0.2, 0) is 20.5 Å². The van der Waals surface area contributed by atoms with Crippen molar-refractivity contribution >= 4 is 28.0 Å². The zero-order valence-corrected chi connectivity index (χ0v) is 21.8. The first-order valence-corrected chi connectivity index (χ1v) is 13.0. The van der Waals surface area contributed by atoms with E-state index in [9.17, 15) is 18.7 Å². The average molecular weight is 520 g/mol. The molecule has 1 N–H and O–H groups in total. The lowest BCUT2D eigenvalue weighted by molar-refractivity contribution is 0.152. The van der Waals surface area contributed by atoms with Gasteiger partial charge in [-0.15, -0.1) is 0 Å². The Labute approximate surface area is 219 Å². The van der Waals surface area contributed by atoms with E-state index in [1.54, 1.807) is 48.7 Å². The molecule has 2 aliphatic heterocycles. The van der Waals surface area contributed by atoms with E-state index in [1.807, 2.05) is 18.2 Å². The summed E-state index contributed by atoms with van der Waals surface area (Å²) in [5.74, 6) is 0. The van der Waals surface area contributed by atoms with Crippen molar-refractivity contribution in [2.24, 2.45) is 14.1 Å². The van der Waals surface area contributed by atoms with E-state index in [1.165, 1.54) is 0 Å². The number of rotatable bonds is 4. The van der Waals surface area contributed by atoms with Gasteiger partial charge in [0.15, 0.2) is 0 Å². The summed E-state index contributed by atoms with van der Waals surface area (Å²) in [5, 5.41) is 15.3. The maximum Gasteiger partial charge on any atom is 0.264 e. The molecule has 2 aromatic carbocycles. The molecule has 9 heteroatoms. The van der Waals surface area contributed by atoms with Crippen molar-refractivity contribution < 1.29 is 13.9 Å². The molecular formula is C29H31F2N5O2. The van der Waals surface area contributed by atoms with Crippen LogP contribution < -0.4 is 15.4 Å². The molecule has 4 heterocycles. The van der Waals surface area contributed by atoms with E-state index in [2.05, 4.69) is 21.0 Å². The predicted octanol–water partition coefficient (Wildman–Crippen LogP) is 4.84. The normalized spacial score (nSPS) is 17.6. The van der Waals surface area contributed by atoms with Gasteiger partial charge in [0.05, 0.1) is 23.5 Å². The van der Waals surface area contributed by atoms with Crippen molar-refractivity contribution in [1.29, 1.82) is 0 Å². The van der Waals surface area contributed by atoms with E-state index in [0.717, 1.165) is 46.4 Å². The minimum atomic E-state index is -2.64. The van der Waals surface area contributed by atoms with Gasteiger partial charge in [-0.3, -0.25) is 9.48 Å². The van der Waals surface area contributed by atoms with Crippen LogP contribution >= 0.6 is 0 Å². The number of halogens is 2. The number of β-amino-alcohol motifs (C(OH)–C–C–N with tert-alkyl or cyclic N) is 1. The molecule has 0 bridgehead atoms. The smallest absolute Gasteiger partial charge is 0.264 e. The lowest BCUT2D eigenvalue weighted by Crippen LogP contribution is -2.27. The van der Waals surface area contributed by atoms with Gasteiger partial charge in [-0.1, -0.05) is 0 Å². The molecule has 1 saturated heterocycles. The van der Waals surface area contributed by atoms with Gasteiger partial charge in [0.2, 0.25) is 0 Å². The zero-order chi connectivity index (χ0) is 26.7. The summed E-state index contributed by atoms with van der Waals surface area (Å²) in [6.45, 7) is 3.71. The lowest BCUT2D eigenvalue weighted by atomic mass is 9.92. The molecule has 4 aromatic rings. The summed E-state index contributed by atoms with van der Waals surface area (Å²) in [7, 11) is 3.54. The summed E-state index contributed by atoms with van der Waals surface area (Å²) in [4.78, 5) is 17.1. The summed E-state index contributed by atoms with van der Waals surface area (Å²) in [6, 6.07) is 9.51. The van der Waals surface area contributed by atoms with Gasteiger partial charge in [0, 0.05) is 73.4 Å². The number of hydrogen-bond acceptors (Lipinski definition) is 5. The highest BCUT2D eigenvalue weighted by Gasteiger charge is 2.28. The molecule has 0 unspecified atom stereocenters. The first-order chi connectivity index (χ1) is 18.2. The van der Waals surface area contributed by atoms with Crippen LogP contribution in [-0.4, -0.2) is 45.2 Å². The van der Waals surface area contributed by atoms with Crippen LogP contribution in [0.25, 0.3) is 22.0 Å². The largest absolute Gasteiger partial charge is 0.391 e. The molecule has 0 amide bonds. The van der Waals surface area contributed by atoms with Crippen LogP contribution in [0, 0.1) is 6.92 Å². The monoisotopic (exact) mass is 519 g/mol. The molecule has 0 saturated carbocycles. The number of benzene rings is 2. The minimum Gasteiger partial charge on any atom is -0.391 e. The molecule has 1 atom stereocenters. The Hall–Kier alpha value is -3.72. The van der Waals surface area contributed by atoms with Crippen LogP contribution in [0.4, 0.5) is 25.8 Å². The number of aromatic nitrogens is 3. The van der Waals surface area contributed by atoms with Gasteiger partial charge >= 0.3 is 0 Å². The van der Waals surface area contributed by atoms with Crippen molar-refractivity contribution in [3.05, 3.63) is 69.8 Å². The van der Waals surface area contributed by atoms with Crippen molar-refractivity contribution in [3.8, 4) is 11.1 Å². The van der Waals surface area contributed by atoms with Gasteiger partial charge in [-0.25, -0.2) is 8.78 Å². The molecule has 0 aliphatic carbocycles. The minimum absolute atomic E-state index is 0.0182. The highest BCUT2D eigenvalue weighted by molar-refractivity contribution is 5.98. The van der Waals surface area contributed by atoms with Gasteiger partial charge < -0.3 is 19.5 Å². The molecular weight excluding hydrogens is 488 g/mol. The lowest BCUT2D eigenvalue weighted by Gasteiger charge is -2.34. The second kappa shape index (κ2) is 9.23. The maximum atomic E-state index is 14.4. The van der Waals surface area contributed by atoms with Gasteiger partial charge in [-0.2, -0.15) is 5.10 Å². The fourth-order valence-electron chi connectivity index (χ4n) is 5.96. The van der Waals surface area contributed by atoms with Crippen LogP contribution in [0.2, 0.25) is 0 Å². The predicted molar refractivity (Wildman–Crippen MR) is 146 cm³/mol. The topological polar surface area (TPSA) is 66.5 Å². The number of nitrogens with zero attached hydrogens (tertiary/aromatic N) is 5. The Morgan fingerprint density at radius 1 is 1.08 bits per heavy atom. The van der Waals surface area contributed by atoms with Crippen LogP contribution in [0.15, 0.2) is 47.5 Å². The van der Waals surface area contributed by atoms with E-state index >= 15 is 0 Å². The Morgan fingerprint density at radius 3 is 2.58 bits per heavy atom. The number of aliphatic hydroxyl groups excluding tert-OH is 1. The number of alkyl halides is 2. The highest BCUT2D eigenvalue weighted by atomic mass is 19.3. The molecule has 38 heavy (non-hydrogen) atoms. The summed E-state index contributed by atoms with van der Waals surface area (Å²) >= 11 is 0. The molecule has 2 aromatic heterocycles. The Kier molecular flexibility index (Phi) is 5.98. The Balaban J connectivity index is 1.57. The number of anilines is 3. The number of hydrogen-bond donors (Lipinski definition) is 1. The van der Waals surface area contributed by atoms with E-state index in [0.29, 0.717) is 42.7 Å². The zero-order valence-electron chi connectivity index (χ0n) is 21.8.